The molecule has 2 aromatic carbocycles. The lowest BCUT2D eigenvalue weighted by Crippen LogP contribution is -2.45. The van der Waals surface area contributed by atoms with Gasteiger partial charge in [0, 0.05) is 57.5 Å². The van der Waals surface area contributed by atoms with Gasteiger partial charge in [-0.2, -0.15) is 0 Å². The monoisotopic (exact) mass is 549 g/mol. The lowest BCUT2D eigenvalue weighted by atomic mass is 9.93. The van der Waals surface area contributed by atoms with E-state index in [-0.39, 0.29) is 17.9 Å². The summed E-state index contributed by atoms with van der Waals surface area (Å²) < 4.78 is 10.8. The van der Waals surface area contributed by atoms with Gasteiger partial charge in [-0.1, -0.05) is 30.3 Å². The molecule has 0 spiro atoms. The van der Waals surface area contributed by atoms with Crippen LogP contribution in [0.1, 0.15) is 61.0 Å². The van der Waals surface area contributed by atoms with Crippen molar-refractivity contribution >= 4 is 11.8 Å². The van der Waals surface area contributed by atoms with Gasteiger partial charge in [0.05, 0.1) is 13.5 Å². The number of benzene rings is 2. The first-order valence-corrected chi connectivity index (χ1v) is 14.9. The van der Waals surface area contributed by atoms with E-state index in [2.05, 4.69) is 24.1 Å². The first kappa shape index (κ1) is 30.1. The van der Waals surface area contributed by atoms with Crippen molar-refractivity contribution in [3.8, 4) is 5.75 Å². The lowest BCUT2D eigenvalue weighted by molar-refractivity contribution is -0.131. The Morgan fingerprint density at radius 2 is 1.70 bits per heavy atom. The molecule has 1 saturated carbocycles. The molecule has 4 rings (SSSR count). The van der Waals surface area contributed by atoms with Crippen LogP contribution in [0.5, 0.6) is 5.75 Å². The fourth-order valence-electron chi connectivity index (χ4n) is 5.80. The van der Waals surface area contributed by atoms with E-state index in [9.17, 15) is 9.59 Å². The normalized spacial score (nSPS) is 18.6. The number of hydrogen-bond acceptors (Lipinski definition) is 5. The Bertz CT molecular complexity index is 1100. The van der Waals surface area contributed by atoms with Crippen LogP contribution in [0.2, 0.25) is 0 Å². The molecule has 1 aliphatic carbocycles. The number of carbonyl (C=O) groups excluding carboxylic acids is 2. The van der Waals surface area contributed by atoms with Crippen LogP contribution in [0.15, 0.2) is 48.5 Å². The Balaban J connectivity index is 1.43. The van der Waals surface area contributed by atoms with Crippen molar-refractivity contribution in [1.82, 2.24) is 15.1 Å². The summed E-state index contributed by atoms with van der Waals surface area (Å²) in [5, 5.41) is 3.55. The highest BCUT2D eigenvalue weighted by atomic mass is 16.5. The van der Waals surface area contributed by atoms with Crippen LogP contribution < -0.4 is 10.1 Å². The number of aryl methyl sites for hydroxylation is 1. The fourth-order valence-corrected chi connectivity index (χ4v) is 5.80. The Hall–Kier alpha value is -2.90. The lowest BCUT2D eigenvalue weighted by Gasteiger charge is -2.34. The first-order chi connectivity index (χ1) is 19.4. The van der Waals surface area contributed by atoms with Crippen molar-refractivity contribution in [3.05, 3.63) is 65.2 Å². The summed E-state index contributed by atoms with van der Waals surface area (Å²) in [4.78, 5) is 31.3. The third-order valence-corrected chi connectivity index (χ3v) is 8.30. The Morgan fingerprint density at radius 1 is 0.975 bits per heavy atom. The molecule has 2 fully saturated rings. The van der Waals surface area contributed by atoms with E-state index >= 15 is 0 Å². The Kier molecular flexibility index (Phi) is 11.0. The number of amides is 2. The molecule has 0 unspecified atom stereocenters. The molecule has 1 N–H and O–H groups in total. The van der Waals surface area contributed by atoms with E-state index in [0.717, 1.165) is 75.2 Å². The molecule has 0 aromatic heterocycles. The van der Waals surface area contributed by atoms with Crippen molar-refractivity contribution in [2.75, 3.05) is 47.0 Å². The first-order valence-electron chi connectivity index (χ1n) is 14.9. The summed E-state index contributed by atoms with van der Waals surface area (Å²) in [7, 11) is 3.40. The number of hydrogen-bond donors (Lipinski definition) is 1. The number of rotatable bonds is 15. The number of nitrogens with zero attached hydrogens (tertiary/aromatic N) is 2. The van der Waals surface area contributed by atoms with Crippen molar-refractivity contribution in [3.63, 3.8) is 0 Å². The van der Waals surface area contributed by atoms with Crippen LogP contribution in [0, 0.1) is 11.8 Å². The van der Waals surface area contributed by atoms with E-state index in [1.807, 2.05) is 53.4 Å². The Labute approximate surface area is 240 Å². The van der Waals surface area contributed by atoms with Crippen molar-refractivity contribution in [2.24, 2.45) is 11.8 Å². The summed E-state index contributed by atoms with van der Waals surface area (Å²) in [5.74, 6) is 1.71. The second-order valence-corrected chi connectivity index (χ2v) is 11.6. The molecule has 2 aromatic rings. The van der Waals surface area contributed by atoms with Gasteiger partial charge in [-0.25, -0.2) is 0 Å². The van der Waals surface area contributed by atoms with Gasteiger partial charge in [0.1, 0.15) is 5.75 Å². The highest BCUT2D eigenvalue weighted by Gasteiger charge is 2.38. The molecular formula is C33H47N3O4. The van der Waals surface area contributed by atoms with Crippen LogP contribution in [0.4, 0.5) is 0 Å². The van der Waals surface area contributed by atoms with Gasteiger partial charge in [0.25, 0.3) is 5.91 Å². The van der Waals surface area contributed by atoms with E-state index < -0.39 is 0 Å². The zero-order chi connectivity index (χ0) is 28.5. The molecule has 7 heteroatoms. The minimum atomic E-state index is 0.0562. The second kappa shape index (κ2) is 14.6. The molecule has 0 bridgehead atoms. The molecule has 7 nitrogen and oxygen atoms in total. The van der Waals surface area contributed by atoms with Crippen LogP contribution in [0.25, 0.3) is 0 Å². The summed E-state index contributed by atoms with van der Waals surface area (Å²) in [6, 6.07) is 16.3. The van der Waals surface area contributed by atoms with Crippen LogP contribution in [-0.2, 0) is 22.4 Å². The van der Waals surface area contributed by atoms with Gasteiger partial charge < -0.3 is 24.6 Å². The Morgan fingerprint density at radius 3 is 2.35 bits per heavy atom. The standard InChI is InChI=1S/C33H47N3O4/c1-24(2)35(33(38)27-13-16-31(40-4)26(19-27)12-8-9-17-39-3)22-28-20-34-21-29(28)23-36(30-14-15-30)32(37)18-25-10-6-5-7-11-25/h5-7,10-11,13,16,19,24,28-30,34H,8-9,12,14-15,17-18,20-23H2,1-4H3/t28-,29-/m0/s1. The van der Waals surface area contributed by atoms with E-state index in [1.165, 1.54) is 0 Å². The molecule has 1 aliphatic heterocycles. The van der Waals surface area contributed by atoms with Crippen molar-refractivity contribution in [2.45, 2.75) is 64.5 Å². The molecule has 40 heavy (non-hydrogen) atoms. The highest BCUT2D eigenvalue weighted by Crippen LogP contribution is 2.31. The van der Waals surface area contributed by atoms with E-state index in [0.29, 0.717) is 36.4 Å². The minimum Gasteiger partial charge on any atom is -0.496 e. The number of nitrogens with one attached hydrogen (secondary N) is 1. The number of methoxy groups -OCH3 is 2. The maximum Gasteiger partial charge on any atom is 0.254 e. The second-order valence-electron chi connectivity index (χ2n) is 11.6. The number of carbonyl (C=O) groups is 2. The van der Waals surface area contributed by atoms with Gasteiger partial charge in [-0.05, 0) is 87.1 Å². The average Bonchev–Trinajstić information content (AvgIpc) is 3.71. The van der Waals surface area contributed by atoms with Crippen LogP contribution in [0.3, 0.4) is 0 Å². The van der Waals surface area contributed by atoms with Crippen LogP contribution in [-0.4, -0.2) is 80.7 Å². The minimum absolute atomic E-state index is 0.0562. The van der Waals surface area contributed by atoms with Crippen LogP contribution >= 0.6 is 0 Å². The van der Waals surface area contributed by atoms with E-state index in [1.54, 1.807) is 14.2 Å². The molecule has 1 heterocycles. The number of unbranched alkanes of at least 4 members (excludes halogenated alkanes) is 1. The number of ether oxygens (including phenoxy) is 2. The molecule has 0 radical (unpaired) electrons. The third-order valence-electron chi connectivity index (χ3n) is 8.30. The largest absolute Gasteiger partial charge is 0.496 e. The SMILES string of the molecule is COCCCCc1cc(C(=O)N(C[C@@H]2CNC[C@H]2CN(C(=O)Cc2ccccc2)C2CC2)C(C)C)ccc1OC. The summed E-state index contributed by atoms with van der Waals surface area (Å²) in [5.41, 5.74) is 2.83. The van der Waals surface area contributed by atoms with Gasteiger partial charge in [-0.15, -0.1) is 0 Å². The smallest absolute Gasteiger partial charge is 0.254 e. The maximum atomic E-state index is 13.8. The predicted octanol–water partition coefficient (Wildman–Crippen LogP) is 4.58. The van der Waals surface area contributed by atoms with Gasteiger partial charge in [0.2, 0.25) is 5.91 Å². The fraction of sp³-hybridized carbons (Fsp3) is 0.576. The molecule has 2 amide bonds. The molecule has 218 valence electrons. The van der Waals surface area contributed by atoms with Crippen molar-refractivity contribution in [1.29, 1.82) is 0 Å². The molecule has 1 saturated heterocycles. The van der Waals surface area contributed by atoms with Gasteiger partial charge in [-0.3, -0.25) is 9.59 Å². The highest BCUT2D eigenvalue weighted by molar-refractivity contribution is 5.95. The van der Waals surface area contributed by atoms with Crippen molar-refractivity contribution < 1.29 is 19.1 Å². The zero-order valence-electron chi connectivity index (χ0n) is 24.7. The summed E-state index contributed by atoms with van der Waals surface area (Å²) >= 11 is 0. The maximum absolute atomic E-state index is 13.8. The zero-order valence-corrected chi connectivity index (χ0v) is 24.7. The van der Waals surface area contributed by atoms with E-state index in [4.69, 9.17) is 9.47 Å². The predicted molar refractivity (Wildman–Crippen MR) is 159 cm³/mol. The molecule has 2 atom stereocenters. The average molecular weight is 550 g/mol. The molecule has 2 aliphatic rings. The van der Waals surface area contributed by atoms with Gasteiger partial charge >= 0.3 is 0 Å². The molecular weight excluding hydrogens is 502 g/mol. The topological polar surface area (TPSA) is 71.1 Å². The third kappa shape index (κ3) is 8.07. The summed E-state index contributed by atoms with van der Waals surface area (Å²) in [6.07, 6.45) is 5.42. The quantitative estimate of drug-likeness (QED) is 0.329. The van der Waals surface area contributed by atoms with Gasteiger partial charge in [0.15, 0.2) is 0 Å². The summed E-state index contributed by atoms with van der Waals surface area (Å²) in [6.45, 7) is 8.07.